The van der Waals surface area contributed by atoms with E-state index in [0.29, 0.717) is 19.4 Å². The zero-order valence-electron chi connectivity index (χ0n) is 42.0. The second kappa shape index (κ2) is 54.2. The molecule has 0 saturated carbocycles. The number of rotatable bonds is 48. The average Bonchev–Trinajstić information content (AvgIpc) is 3.30. The molecule has 0 aromatic rings. The van der Waals surface area contributed by atoms with Crippen molar-refractivity contribution in [3.05, 3.63) is 97.2 Å². The van der Waals surface area contributed by atoms with Crippen molar-refractivity contribution in [2.75, 3.05) is 19.8 Å². The van der Waals surface area contributed by atoms with Crippen LogP contribution in [0.4, 0.5) is 0 Å². The van der Waals surface area contributed by atoms with Crippen molar-refractivity contribution in [1.82, 2.24) is 0 Å². The third kappa shape index (κ3) is 51.5. The van der Waals surface area contributed by atoms with Crippen molar-refractivity contribution in [2.45, 2.75) is 245 Å². The van der Waals surface area contributed by atoms with Gasteiger partial charge in [-0.1, -0.05) is 208 Å². The number of allylic oxidation sites excluding steroid dienone is 16. The van der Waals surface area contributed by atoms with Crippen molar-refractivity contribution in [1.29, 1.82) is 0 Å². The van der Waals surface area contributed by atoms with Crippen molar-refractivity contribution in [3.8, 4) is 0 Å². The highest BCUT2D eigenvalue weighted by Crippen LogP contribution is 2.14. The van der Waals surface area contributed by atoms with Crippen LogP contribution in [0.5, 0.6) is 0 Å². The number of carbonyl (C=O) groups is 2. The molecule has 0 aromatic heterocycles. The first kappa shape index (κ1) is 60.8. The van der Waals surface area contributed by atoms with Crippen LogP contribution in [-0.2, 0) is 23.8 Å². The molecule has 0 aliphatic heterocycles. The second-order valence-electron chi connectivity index (χ2n) is 17.4. The molecule has 0 heterocycles. The largest absolute Gasteiger partial charge is 0.462 e. The molecule has 0 fully saturated rings. The fraction of sp³-hybridized carbons (Fsp3) is 0.695. The van der Waals surface area contributed by atoms with E-state index in [1.165, 1.54) is 109 Å². The fourth-order valence-electron chi connectivity index (χ4n) is 7.10. The standard InChI is InChI=1S/C59H100O5/c1-4-7-10-13-16-19-22-25-28-30-32-34-37-40-43-46-49-52-58(60)63-56-57(55-62-54-51-48-45-42-39-36-27-24-21-18-15-12-9-6-3)64-59(61)53-50-47-44-41-38-35-33-31-29-26-23-20-17-14-11-8-5-2/h9,12,16-21,25-29,36,42,45,57H,4-8,10-11,13-15,22-24,30-35,37-41,43-44,46-56H2,1-3H3/b12-9-,19-16-,20-17-,21-18-,28-25-,29-26-,36-27-,45-42-. The Balaban J connectivity index is 4.37. The van der Waals surface area contributed by atoms with Crippen LogP contribution in [0.2, 0.25) is 0 Å². The van der Waals surface area contributed by atoms with Gasteiger partial charge in [-0.05, 0) is 116 Å². The highest BCUT2D eigenvalue weighted by Gasteiger charge is 2.17. The van der Waals surface area contributed by atoms with E-state index in [4.69, 9.17) is 14.2 Å². The van der Waals surface area contributed by atoms with Gasteiger partial charge in [0.05, 0.1) is 6.61 Å². The van der Waals surface area contributed by atoms with E-state index in [1.807, 2.05) is 0 Å². The van der Waals surface area contributed by atoms with Gasteiger partial charge in [0.2, 0.25) is 0 Å². The topological polar surface area (TPSA) is 61.8 Å². The number of unbranched alkanes of at least 4 members (excludes halogenated alkanes) is 21. The van der Waals surface area contributed by atoms with E-state index in [-0.39, 0.29) is 25.2 Å². The molecule has 0 radical (unpaired) electrons. The molecule has 0 rings (SSSR count). The average molecular weight is 889 g/mol. The summed E-state index contributed by atoms with van der Waals surface area (Å²) in [5, 5.41) is 0. The third-order valence-electron chi connectivity index (χ3n) is 11.1. The normalized spacial score (nSPS) is 13.0. The molecule has 1 unspecified atom stereocenters. The van der Waals surface area contributed by atoms with Gasteiger partial charge in [0.15, 0.2) is 6.10 Å². The minimum absolute atomic E-state index is 0.0517. The maximum absolute atomic E-state index is 12.8. The minimum atomic E-state index is -0.577. The summed E-state index contributed by atoms with van der Waals surface area (Å²) < 4.78 is 17.3. The van der Waals surface area contributed by atoms with Gasteiger partial charge in [0.25, 0.3) is 0 Å². The van der Waals surface area contributed by atoms with E-state index >= 15 is 0 Å². The first-order chi connectivity index (χ1) is 31.6. The molecule has 0 amide bonds. The van der Waals surface area contributed by atoms with Crippen LogP contribution >= 0.6 is 0 Å². The van der Waals surface area contributed by atoms with E-state index in [2.05, 4.69) is 118 Å². The molecular weight excluding hydrogens is 789 g/mol. The van der Waals surface area contributed by atoms with E-state index in [0.717, 1.165) is 96.3 Å². The summed E-state index contributed by atoms with van der Waals surface area (Å²) in [4.78, 5) is 25.4. The first-order valence-corrected chi connectivity index (χ1v) is 26.8. The van der Waals surface area contributed by atoms with Gasteiger partial charge in [-0.25, -0.2) is 0 Å². The maximum Gasteiger partial charge on any atom is 0.306 e. The molecule has 0 bridgehead atoms. The minimum Gasteiger partial charge on any atom is -0.462 e. The lowest BCUT2D eigenvalue weighted by Crippen LogP contribution is -2.30. The molecular formula is C59H100O5. The molecule has 5 nitrogen and oxygen atoms in total. The summed E-state index contributed by atoms with van der Waals surface area (Å²) in [6.07, 6.45) is 72.8. The summed E-state index contributed by atoms with van der Waals surface area (Å²) in [7, 11) is 0. The highest BCUT2D eigenvalue weighted by molar-refractivity contribution is 5.70. The molecule has 0 saturated heterocycles. The Morgan fingerprint density at radius 1 is 0.359 bits per heavy atom. The number of hydrogen-bond acceptors (Lipinski definition) is 5. The molecule has 64 heavy (non-hydrogen) atoms. The van der Waals surface area contributed by atoms with E-state index < -0.39 is 6.10 Å². The zero-order valence-corrected chi connectivity index (χ0v) is 42.0. The van der Waals surface area contributed by atoms with Crippen LogP contribution in [0.25, 0.3) is 0 Å². The second-order valence-corrected chi connectivity index (χ2v) is 17.4. The summed E-state index contributed by atoms with van der Waals surface area (Å²) in [6.45, 7) is 7.51. The van der Waals surface area contributed by atoms with Crippen molar-refractivity contribution in [3.63, 3.8) is 0 Å². The van der Waals surface area contributed by atoms with Crippen LogP contribution in [0, 0.1) is 0 Å². The van der Waals surface area contributed by atoms with Crippen molar-refractivity contribution < 1.29 is 23.8 Å². The van der Waals surface area contributed by atoms with Gasteiger partial charge in [-0.15, -0.1) is 0 Å². The Bertz CT molecular complexity index is 1230. The lowest BCUT2D eigenvalue weighted by atomic mass is 10.1. The van der Waals surface area contributed by atoms with Crippen LogP contribution in [0.3, 0.4) is 0 Å². The fourth-order valence-corrected chi connectivity index (χ4v) is 7.10. The Morgan fingerprint density at radius 2 is 0.703 bits per heavy atom. The molecule has 0 aliphatic carbocycles. The number of esters is 2. The van der Waals surface area contributed by atoms with E-state index in [9.17, 15) is 9.59 Å². The van der Waals surface area contributed by atoms with Crippen molar-refractivity contribution in [2.24, 2.45) is 0 Å². The first-order valence-electron chi connectivity index (χ1n) is 26.8. The lowest BCUT2D eigenvalue weighted by molar-refractivity contribution is -0.163. The van der Waals surface area contributed by atoms with Gasteiger partial charge in [0.1, 0.15) is 6.61 Å². The van der Waals surface area contributed by atoms with Gasteiger partial charge in [0, 0.05) is 19.4 Å². The highest BCUT2D eigenvalue weighted by atomic mass is 16.6. The number of ether oxygens (including phenoxy) is 3. The van der Waals surface area contributed by atoms with Gasteiger partial charge in [-0.2, -0.15) is 0 Å². The van der Waals surface area contributed by atoms with E-state index in [1.54, 1.807) is 0 Å². The lowest BCUT2D eigenvalue weighted by Gasteiger charge is -2.18. The van der Waals surface area contributed by atoms with Crippen LogP contribution in [0.1, 0.15) is 239 Å². The molecule has 0 aromatic carbocycles. The van der Waals surface area contributed by atoms with Gasteiger partial charge in [-0.3, -0.25) is 9.59 Å². The smallest absolute Gasteiger partial charge is 0.306 e. The zero-order chi connectivity index (χ0) is 46.3. The molecule has 5 heteroatoms. The van der Waals surface area contributed by atoms with Crippen LogP contribution < -0.4 is 0 Å². The SMILES string of the molecule is CC/C=C\C/C=C\C/C=C\C/C=C\CCCOCC(COC(=O)CCCCCCCCC/C=C\C/C=C\CCCCC)OC(=O)CCCCCCCCC/C=C\C/C=C\CCCCC. The monoisotopic (exact) mass is 889 g/mol. The number of carbonyl (C=O) groups excluding carboxylic acids is 2. The molecule has 0 spiro atoms. The predicted molar refractivity (Wildman–Crippen MR) is 279 cm³/mol. The molecule has 366 valence electrons. The Morgan fingerprint density at radius 3 is 1.12 bits per heavy atom. The summed E-state index contributed by atoms with van der Waals surface area (Å²) >= 11 is 0. The predicted octanol–water partition coefficient (Wildman–Crippen LogP) is 18.2. The third-order valence-corrected chi connectivity index (χ3v) is 11.1. The Labute approximate surface area is 396 Å². The molecule has 0 aliphatic rings. The Kier molecular flexibility index (Phi) is 51.5. The summed E-state index contributed by atoms with van der Waals surface area (Å²) in [5.41, 5.74) is 0. The summed E-state index contributed by atoms with van der Waals surface area (Å²) in [6, 6.07) is 0. The quantitative estimate of drug-likeness (QED) is 0.0346. The summed E-state index contributed by atoms with van der Waals surface area (Å²) in [5.74, 6) is -0.447. The van der Waals surface area contributed by atoms with Crippen LogP contribution in [-0.4, -0.2) is 37.9 Å². The van der Waals surface area contributed by atoms with Gasteiger partial charge < -0.3 is 14.2 Å². The number of hydrogen-bond donors (Lipinski definition) is 0. The van der Waals surface area contributed by atoms with Crippen LogP contribution in [0.15, 0.2) is 97.2 Å². The van der Waals surface area contributed by atoms with Gasteiger partial charge >= 0.3 is 11.9 Å². The maximum atomic E-state index is 12.8. The van der Waals surface area contributed by atoms with Crippen molar-refractivity contribution >= 4 is 11.9 Å². The molecule has 0 N–H and O–H groups in total. The molecule has 1 atom stereocenters. The Hall–Kier alpha value is -3.18.